The molecule has 0 N–H and O–H groups in total. The topological polar surface area (TPSA) is 17.1 Å². The lowest BCUT2D eigenvalue weighted by Crippen LogP contribution is -2.02. The number of rotatable bonds is 2. The Hall–Kier alpha value is -1.33. The van der Waals surface area contributed by atoms with Gasteiger partial charge in [-0.05, 0) is 30.5 Å². The maximum atomic E-state index is 12.0. The van der Waals surface area contributed by atoms with Gasteiger partial charge < -0.3 is 4.57 Å². The lowest BCUT2D eigenvalue weighted by Gasteiger charge is -2.09. The first kappa shape index (κ1) is 11.2. The molecule has 0 heterocycles. The van der Waals surface area contributed by atoms with Crippen molar-refractivity contribution in [1.29, 1.82) is 0 Å². The van der Waals surface area contributed by atoms with E-state index in [9.17, 15) is 4.57 Å². The van der Waals surface area contributed by atoms with Crippen molar-refractivity contribution < 1.29 is 4.57 Å². The van der Waals surface area contributed by atoms with E-state index in [1.807, 2.05) is 36.4 Å². The monoisotopic (exact) mass is 230 g/mol. The van der Waals surface area contributed by atoms with Crippen LogP contribution < -0.4 is 5.30 Å². The Bertz CT molecular complexity index is 525. The summed E-state index contributed by atoms with van der Waals surface area (Å²) in [7, 11) is -2.17. The Kier molecular flexibility index (Phi) is 2.98. The predicted octanol–water partition coefficient (Wildman–Crippen LogP) is 3.60. The van der Waals surface area contributed by atoms with Crippen LogP contribution in [0.1, 0.15) is 0 Å². The maximum absolute atomic E-state index is 12.0. The SMILES string of the molecule is CP(C)(=O)c1cccc(-c2ccccc2)c1. The van der Waals surface area contributed by atoms with Crippen molar-refractivity contribution in [3.63, 3.8) is 0 Å². The zero-order valence-corrected chi connectivity index (χ0v) is 10.4. The van der Waals surface area contributed by atoms with Gasteiger partial charge in [0.15, 0.2) is 0 Å². The quantitative estimate of drug-likeness (QED) is 0.720. The highest BCUT2D eigenvalue weighted by atomic mass is 31.2. The second kappa shape index (κ2) is 4.27. The zero-order chi connectivity index (χ0) is 11.6. The molecule has 0 amide bonds. The summed E-state index contributed by atoms with van der Waals surface area (Å²) in [5, 5.41) is 0.939. The van der Waals surface area contributed by atoms with Crippen molar-refractivity contribution in [2.75, 3.05) is 13.3 Å². The van der Waals surface area contributed by atoms with Crippen molar-refractivity contribution in [2.45, 2.75) is 0 Å². The fourth-order valence-corrected chi connectivity index (χ4v) is 2.55. The molecule has 0 radical (unpaired) electrons. The second-order valence-corrected chi connectivity index (χ2v) is 7.49. The van der Waals surface area contributed by atoms with Crippen molar-refractivity contribution in [1.82, 2.24) is 0 Å². The highest BCUT2D eigenvalue weighted by Crippen LogP contribution is 2.35. The first-order valence-corrected chi connectivity index (χ1v) is 7.88. The summed E-state index contributed by atoms with van der Waals surface area (Å²) in [6.45, 7) is 3.61. The molecule has 2 aromatic rings. The van der Waals surface area contributed by atoms with Crippen molar-refractivity contribution in [3.8, 4) is 11.1 Å². The van der Waals surface area contributed by atoms with E-state index in [1.165, 1.54) is 0 Å². The number of hydrogen-bond donors (Lipinski definition) is 0. The minimum atomic E-state index is -2.17. The van der Waals surface area contributed by atoms with Gasteiger partial charge in [-0.3, -0.25) is 0 Å². The molecule has 1 nitrogen and oxygen atoms in total. The fraction of sp³-hybridized carbons (Fsp3) is 0.143. The van der Waals surface area contributed by atoms with Crippen LogP contribution in [0, 0.1) is 0 Å². The minimum Gasteiger partial charge on any atom is -0.319 e. The van der Waals surface area contributed by atoms with Crippen LogP contribution >= 0.6 is 7.14 Å². The molecule has 0 spiro atoms. The van der Waals surface area contributed by atoms with Crippen LogP contribution in [0.5, 0.6) is 0 Å². The summed E-state index contributed by atoms with van der Waals surface area (Å²) >= 11 is 0. The standard InChI is InChI=1S/C14H15OP/c1-16(2,15)14-10-6-9-13(11-14)12-7-4-3-5-8-12/h3-11H,1-2H3. The van der Waals surface area contributed by atoms with Gasteiger partial charge in [0.2, 0.25) is 0 Å². The van der Waals surface area contributed by atoms with Gasteiger partial charge in [0.25, 0.3) is 0 Å². The van der Waals surface area contributed by atoms with Crippen LogP contribution in [0.3, 0.4) is 0 Å². The molecular weight excluding hydrogens is 215 g/mol. The molecule has 2 rings (SSSR count). The molecule has 0 aliphatic carbocycles. The second-order valence-electron chi connectivity index (χ2n) is 4.27. The Balaban J connectivity index is 2.49. The number of benzene rings is 2. The molecule has 16 heavy (non-hydrogen) atoms. The summed E-state index contributed by atoms with van der Waals surface area (Å²) in [4.78, 5) is 0. The third-order valence-corrected chi connectivity index (χ3v) is 4.10. The number of hydrogen-bond acceptors (Lipinski definition) is 1. The molecule has 0 fully saturated rings. The largest absolute Gasteiger partial charge is 0.319 e. The van der Waals surface area contributed by atoms with Gasteiger partial charge in [-0.2, -0.15) is 0 Å². The first-order valence-electron chi connectivity index (χ1n) is 5.28. The Morgan fingerprint density at radius 2 is 1.44 bits per heavy atom. The van der Waals surface area contributed by atoms with E-state index in [0.29, 0.717) is 0 Å². The van der Waals surface area contributed by atoms with Crippen LogP contribution in [0.4, 0.5) is 0 Å². The lowest BCUT2D eigenvalue weighted by molar-refractivity contribution is 0.588. The van der Waals surface area contributed by atoms with Gasteiger partial charge >= 0.3 is 0 Å². The van der Waals surface area contributed by atoms with Gasteiger partial charge in [0.1, 0.15) is 7.14 Å². The molecule has 0 saturated carbocycles. The molecule has 0 unspecified atom stereocenters. The van der Waals surface area contributed by atoms with Crippen LogP contribution in [0.15, 0.2) is 54.6 Å². The van der Waals surface area contributed by atoms with Crippen molar-refractivity contribution >= 4 is 12.4 Å². The normalized spacial score (nSPS) is 11.4. The average Bonchev–Trinajstić information content (AvgIpc) is 2.29. The van der Waals surface area contributed by atoms with E-state index in [-0.39, 0.29) is 0 Å². The van der Waals surface area contributed by atoms with Crippen LogP contribution in [0.2, 0.25) is 0 Å². The van der Waals surface area contributed by atoms with Crippen LogP contribution in [0.25, 0.3) is 11.1 Å². The third-order valence-electron chi connectivity index (χ3n) is 2.58. The highest BCUT2D eigenvalue weighted by molar-refractivity contribution is 7.70. The van der Waals surface area contributed by atoms with Gasteiger partial charge in [0.05, 0.1) is 0 Å². The molecule has 2 heteroatoms. The van der Waals surface area contributed by atoms with E-state index in [1.54, 1.807) is 13.3 Å². The molecule has 0 saturated heterocycles. The molecule has 0 bridgehead atoms. The Morgan fingerprint density at radius 3 is 2.06 bits per heavy atom. The van der Waals surface area contributed by atoms with E-state index in [4.69, 9.17) is 0 Å². The van der Waals surface area contributed by atoms with E-state index in [2.05, 4.69) is 18.2 Å². The average molecular weight is 230 g/mol. The summed E-state index contributed by atoms with van der Waals surface area (Å²) < 4.78 is 12.0. The Morgan fingerprint density at radius 1 is 0.812 bits per heavy atom. The van der Waals surface area contributed by atoms with E-state index < -0.39 is 7.14 Å². The van der Waals surface area contributed by atoms with Crippen LogP contribution in [-0.2, 0) is 4.57 Å². The van der Waals surface area contributed by atoms with Gasteiger partial charge in [-0.1, -0.05) is 48.5 Å². The lowest BCUT2D eigenvalue weighted by atomic mass is 10.1. The molecule has 0 aliphatic heterocycles. The first-order chi connectivity index (χ1) is 7.57. The molecule has 2 aromatic carbocycles. The molecule has 0 aliphatic rings. The summed E-state index contributed by atoms with van der Waals surface area (Å²) in [5.74, 6) is 0. The zero-order valence-electron chi connectivity index (χ0n) is 9.55. The molecule has 0 atom stereocenters. The van der Waals surface area contributed by atoms with Gasteiger partial charge in [-0.25, -0.2) is 0 Å². The highest BCUT2D eigenvalue weighted by Gasteiger charge is 2.11. The smallest absolute Gasteiger partial charge is 0.109 e. The Labute approximate surface area is 96.5 Å². The summed E-state index contributed by atoms with van der Waals surface area (Å²) in [5.41, 5.74) is 2.29. The third kappa shape index (κ3) is 2.43. The van der Waals surface area contributed by atoms with Gasteiger partial charge in [0, 0.05) is 5.30 Å². The summed E-state index contributed by atoms with van der Waals surface area (Å²) in [6, 6.07) is 18.1. The maximum Gasteiger partial charge on any atom is 0.109 e. The van der Waals surface area contributed by atoms with Gasteiger partial charge in [-0.15, -0.1) is 0 Å². The molecular formula is C14H15OP. The molecule has 0 aromatic heterocycles. The van der Waals surface area contributed by atoms with Crippen molar-refractivity contribution in [3.05, 3.63) is 54.6 Å². The van der Waals surface area contributed by atoms with Crippen molar-refractivity contribution in [2.24, 2.45) is 0 Å². The minimum absolute atomic E-state index is 0.939. The fourth-order valence-electron chi connectivity index (χ4n) is 1.65. The van der Waals surface area contributed by atoms with Crippen LogP contribution in [-0.4, -0.2) is 13.3 Å². The molecule has 82 valence electrons. The van der Waals surface area contributed by atoms with E-state index in [0.717, 1.165) is 16.4 Å². The van der Waals surface area contributed by atoms with E-state index >= 15 is 0 Å². The predicted molar refractivity (Wildman–Crippen MR) is 71.0 cm³/mol. The summed E-state index contributed by atoms with van der Waals surface area (Å²) in [6.07, 6.45) is 0.